The predicted molar refractivity (Wildman–Crippen MR) is 98.5 cm³/mol. The van der Waals surface area contributed by atoms with E-state index in [2.05, 4.69) is 39.8 Å². The van der Waals surface area contributed by atoms with Crippen molar-refractivity contribution in [1.82, 2.24) is 0 Å². The maximum absolute atomic E-state index is 10.1. The van der Waals surface area contributed by atoms with Gasteiger partial charge in [-0.3, -0.25) is 0 Å². The van der Waals surface area contributed by atoms with Crippen LogP contribution in [0, 0.1) is 13.8 Å². The summed E-state index contributed by atoms with van der Waals surface area (Å²) in [7, 11) is 3.37. The van der Waals surface area contributed by atoms with Crippen molar-refractivity contribution in [2.45, 2.75) is 39.5 Å². The van der Waals surface area contributed by atoms with Gasteiger partial charge in [0.05, 0.1) is 20.8 Å². The van der Waals surface area contributed by atoms with Crippen molar-refractivity contribution < 1.29 is 14.6 Å². The Morgan fingerprint density at radius 1 is 0.958 bits per heavy atom. The van der Waals surface area contributed by atoms with Gasteiger partial charge in [0.2, 0.25) is 0 Å². The zero-order chi connectivity index (χ0) is 17.9. The zero-order valence-corrected chi connectivity index (χ0v) is 15.5. The summed E-state index contributed by atoms with van der Waals surface area (Å²) >= 11 is 0. The molecule has 24 heavy (non-hydrogen) atoms. The molecule has 0 spiro atoms. The average molecular weight is 328 g/mol. The summed E-state index contributed by atoms with van der Waals surface area (Å²) in [6.07, 6.45) is 0. The fraction of sp³-hybridized carbons (Fsp3) is 0.429. The highest BCUT2D eigenvalue weighted by Gasteiger charge is 2.20. The number of ether oxygens (including phenoxy) is 2. The molecular formula is C21H28O3. The van der Waals surface area contributed by atoms with E-state index in [9.17, 15) is 5.11 Å². The van der Waals surface area contributed by atoms with Crippen LogP contribution in [0.4, 0.5) is 0 Å². The number of aliphatic hydroxyl groups excluding tert-OH is 1. The van der Waals surface area contributed by atoms with Crippen molar-refractivity contribution in [2.24, 2.45) is 0 Å². The molecule has 2 aromatic carbocycles. The number of rotatable bonds is 6. The number of benzene rings is 2. The molecule has 0 radical (unpaired) electrons. The number of hydrogen-bond donors (Lipinski definition) is 1. The van der Waals surface area contributed by atoms with Crippen molar-refractivity contribution in [1.29, 1.82) is 0 Å². The van der Waals surface area contributed by atoms with E-state index in [4.69, 9.17) is 9.47 Å². The molecule has 0 aliphatic rings. The molecule has 0 fully saturated rings. The monoisotopic (exact) mass is 328 g/mol. The van der Waals surface area contributed by atoms with Gasteiger partial charge in [0.25, 0.3) is 0 Å². The highest BCUT2D eigenvalue weighted by atomic mass is 16.5. The summed E-state index contributed by atoms with van der Waals surface area (Å²) in [5, 5.41) is 10.1. The van der Waals surface area contributed by atoms with E-state index in [0.29, 0.717) is 5.92 Å². The Labute approximate surface area is 145 Å². The first-order valence-electron chi connectivity index (χ1n) is 8.36. The standard InChI is InChI=1S/C21H28O3/c1-13(2)18-11-16(7-8-20(18)24-6)19(12-22)21-14(3)9-17(23-5)10-15(21)4/h7-11,13,19,22H,12H2,1-6H3. The minimum absolute atomic E-state index is 0.0562. The summed E-state index contributed by atoms with van der Waals surface area (Å²) in [6.45, 7) is 8.51. The molecule has 0 aliphatic carbocycles. The van der Waals surface area contributed by atoms with Gasteiger partial charge in [0.15, 0.2) is 0 Å². The Hall–Kier alpha value is -2.00. The molecule has 0 saturated carbocycles. The number of methoxy groups -OCH3 is 2. The number of hydrogen-bond acceptors (Lipinski definition) is 3. The van der Waals surface area contributed by atoms with Gasteiger partial charge in [-0.2, -0.15) is 0 Å². The van der Waals surface area contributed by atoms with Gasteiger partial charge in [-0.1, -0.05) is 26.0 Å². The van der Waals surface area contributed by atoms with E-state index < -0.39 is 0 Å². The Balaban J connectivity index is 2.55. The van der Waals surface area contributed by atoms with E-state index in [1.54, 1.807) is 14.2 Å². The first-order valence-corrected chi connectivity index (χ1v) is 8.36. The molecule has 3 heteroatoms. The first kappa shape index (κ1) is 18.3. The minimum atomic E-state index is -0.0562. The normalized spacial score (nSPS) is 12.3. The second-order valence-corrected chi connectivity index (χ2v) is 6.57. The van der Waals surface area contributed by atoms with Gasteiger partial charge in [-0.15, -0.1) is 0 Å². The predicted octanol–water partition coefficient (Wildman–Crippen LogP) is 4.57. The van der Waals surface area contributed by atoms with Crippen LogP contribution in [0.25, 0.3) is 0 Å². The van der Waals surface area contributed by atoms with Crippen molar-refractivity contribution in [3.8, 4) is 11.5 Å². The van der Waals surface area contributed by atoms with Crippen molar-refractivity contribution in [2.75, 3.05) is 20.8 Å². The van der Waals surface area contributed by atoms with E-state index in [1.807, 2.05) is 18.2 Å². The molecule has 2 rings (SSSR count). The van der Waals surface area contributed by atoms with Crippen LogP contribution in [0.2, 0.25) is 0 Å². The number of aliphatic hydroxyl groups is 1. The molecular weight excluding hydrogens is 300 g/mol. The van der Waals surface area contributed by atoms with Gasteiger partial charge >= 0.3 is 0 Å². The quantitative estimate of drug-likeness (QED) is 0.844. The molecule has 1 unspecified atom stereocenters. The molecule has 130 valence electrons. The molecule has 0 amide bonds. The van der Waals surface area contributed by atoms with Gasteiger partial charge in [0, 0.05) is 5.92 Å². The molecule has 0 heterocycles. The molecule has 3 nitrogen and oxygen atoms in total. The SMILES string of the molecule is COc1cc(C)c(C(CO)c2ccc(OC)c(C(C)C)c2)c(C)c1. The molecule has 0 aliphatic heterocycles. The summed E-state index contributed by atoms with van der Waals surface area (Å²) in [5.41, 5.74) is 5.70. The van der Waals surface area contributed by atoms with Crippen molar-refractivity contribution in [3.05, 3.63) is 58.1 Å². The lowest BCUT2D eigenvalue weighted by atomic mass is 9.84. The first-order chi connectivity index (χ1) is 11.4. The molecule has 0 bridgehead atoms. The second-order valence-electron chi connectivity index (χ2n) is 6.57. The highest BCUT2D eigenvalue weighted by molar-refractivity contribution is 5.49. The summed E-state index contributed by atoms with van der Waals surface area (Å²) in [5.74, 6) is 2.05. The topological polar surface area (TPSA) is 38.7 Å². The maximum Gasteiger partial charge on any atom is 0.122 e. The Bertz CT molecular complexity index is 681. The van der Waals surface area contributed by atoms with Crippen LogP contribution in [0.15, 0.2) is 30.3 Å². The average Bonchev–Trinajstić information content (AvgIpc) is 2.57. The van der Waals surface area contributed by atoms with E-state index in [1.165, 1.54) is 0 Å². The van der Waals surface area contributed by atoms with Gasteiger partial charge in [-0.25, -0.2) is 0 Å². The van der Waals surface area contributed by atoms with Crippen LogP contribution in [-0.4, -0.2) is 25.9 Å². The van der Waals surface area contributed by atoms with Crippen LogP contribution in [0.3, 0.4) is 0 Å². The summed E-state index contributed by atoms with van der Waals surface area (Å²) < 4.78 is 10.8. The van der Waals surface area contributed by atoms with Crippen LogP contribution in [-0.2, 0) is 0 Å². The largest absolute Gasteiger partial charge is 0.497 e. The molecule has 1 N–H and O–H groups in total. The third-order valence-electron chi connectivity index (χ3n) is 4.61. The zero-order valence-electron chi connectivity index (χ0n) is 15.5. The van der Waals surface area contributed by atoms with E-state index in [-0.39, 0.29) is 12.5 Å². The third kappa shape index (κ3) is 3.57. The van der Waals surface area contributed by atoms with E-state index in [0.717, 1.165) is 39.3 Å². The van der Waals surface area contributed by atoms with Gasteiger partial charge in [-0.05, 0) is 65.8 Å². The van der Waals surface area contributed by atoms with Gasteiger partial charge in [0.1, 0.15) is 11.5 Å². The van der Waals surface area contributed by atoms with Crippen LogP contribution in [0.5, 0.6) is 11.5 Å². The van der Waals surface area contributed by atoms with Crippen molar-refractivity contribution >= 4 is 0 Å². The van der Waals surface area contributed by atoms with Crippen molar-refractivity contribution in [3.63, 3.8) is 0 Å². The summed E-state index contributed by atoms with van der Waals surface area (Å²) in [6, 6.07) is 10.3. The lowest BCUT2D eigenvalue weighted by Gasteiger charge is -2.23. The Kier molecular flexibility index (Phi) is 5.89. The Morgan fingerprint density at radius 2 is 1.58 bits per heavy atom. The minimum Gasteiger partial charge on any atom is -0.497 e. The lowest BCUT2D eigenvalue weighted by Crippen LogP contribution is -2.11. The molecule has 0 saturated heterocycles. The highest BCUT2D eigenvalue weighted by Crippen LogP contribution is 2.36. The third-order valence-corrected chi connectivity index (χ3v) is 4.61. The van der Waals surface area contributed by atoms with Crippen LogP contribution in [0.1, 0.15) is 53.5 Å². The number of aryl methyl sites for hydroxylation is 2. The maximum atomic E-state index is 10.1. The fourth-order valence-electron chi connectivity index (χ4n) is 3.39. The molecule has 1 atom stereocenters. The second kappa shape index (κ2) is 7.71. The fourth-order valence-corrected chi connectivity index (χ4v) is 3.39. The van der Waals surface area contributed by atoms with Crippen LogP contribution >= 0.6 is 0 Å². The smallest absolute Gasteiger partial charge is 0.122 e. The molecule has 0 aromatic heterocycles. The van der Waals surface area contributed by atoms with E-state index >= 15 is 0 Å². The van der Waals surface area contributed by atoms with Crippen LogP contribution < -0.4 is 9.47 Å². The lowest BCUT2D eigenvalue weighted by molar-refractivity contribution is 0.279. The Morgan fingerprint density at radius 3 is 2.04 bits per heavy atom. The van der Waals surface area contributed by atoms with Gasteiger partial charge < -0.3 is 14.6 Å². The molecule has 2 aromatic rings. The summed E-state index contributed by atoms with van der Waals surface area (Å²) in [4.78, 5) is 0.